The van der Waals surface area contributed by atoms with Crippen LogP contribution in [0.2, 0.25) is 0 Å². The topological polar surface area (TPSA) is 85.1 Å². The van der Waals surface area contributed by atoms with Crippen molar-refractivity contribution in [3.05, 3.63) is 88.1 Å². The van der Waals surface area contributed by atoms with E-state index in [1.807, 2.05) is 36.4 Å². The normalized spacial score (nSPS) is 12.9. The second kappa shape index (κ2) is 8.32. The van der Waals surface area contributed by atoms with Gasteiger partial charge in [-0.05, 0) is 41.1 Å². The number of aromatic hydroxyl groups is 1. The van der Waals surface area contributed by atoms with Gasteiger partial charge in [0.15, 0.2) is 12.5 Å². The molecule has 1 aromatic heterocycles. The molecule has 0 bridgehead atoms. The molecular formula is C24H20FN3O4. The summed E-state index contributed by atoms with van der Waals surface area (Å²) in [4.78, 5) is 11.5. The fourth-order valence-electron chi connectivity index (χ4n) is 4.03. The van der Waals surface area contributed by atoms with Gasteiger partial charge in [0.1, 0.15) is 11.6 Å². The molecule has 162 valence electrons. The summed E-state index contributed by atoms with van der Waals surface area (Å²) in [5.74, 6) is -0.175. The largest absolute Gasteiger partial charge is 0.493 e. The van der Waals surface area contributed by atoms with E-state index in [1.54, 1.807) is 12.1 Å². The van der Waals surface area contributed by atoms with Crippen molar-refractivity contribution in [1.82, 2.24) is 4.57 Å². The summed E-state index contributed by atoms with van der Waals surface area (Å²) in [6.45, 7) is 1.03. The molecule has 2 N–H and O–H groups in total. The Hall–Kier alpha value is -3.91. The van der Waals surface area contributed by atoms with Gasteiger partial charge in [0.25, 0.3) is 0 Å². The van der Waals surface area contributed by atoms with Crippen molar-refractivity contribution in [1.29, 1.82) is 0 Å². The third-order valence-electron chi connectivity index (χ3n) is 5.52. The van der Waals surface area contributed by atoms with Gasteiger partial charge in [-0.25, -0.2) is 4.39 Å². The Bertz CT molecular complexity index is 1300. The van der Waals surface area contributed by atoms with E-state index in [9.17, 15) is 14.4 Å². The third kappa shape index (κ3) is 3.65. The van der Waals surface area contributed by atoms with Crippen molar-refractivity contribution < 1.29 is 19.0 Å². The summed E-state index contributed by atoms with van der Waals surface area (Å²) in [6, 6.07) is 18.1. The quantitative estimate of drug-likeness (QED) is 0.397. The number of nitrogens with one attached hydrogen (secondary N) is 1. The lowest BCUT2D eigenvalue weighted by Crippen LogP contribution is -2.14. The third-order valence-corrected chi connectivity index (χ3v) is 5.52. The van der Waals surface area contributed by atoms with Gasteiger partial charge in [0, 0.05) is 28.7 Å². The van der Waals surface area contributed by atoms with E-state index in [1.165, 1.54) is 16.7 Å². The standard InChI is InChI=1S/C24H20FN3O4/c25-18-8-16(23-17(9-18)13-31-14-32-23)12-28-21-7-6-19(10-20(21)22(27-30)24(28)29)26-11-15-4-2-1-3-5-15/h1-10,26,29H,11-14H2. The number of benzene rings is 3. The number of anilines is 1. The monoisotopic (exact) mass is 433 g/mol. The van der Waals surface area contributed by atoms with Crippen LogP contribution < -0.4 is 10.1 Å². The zero-order valence-electron chi connectivity index (χ0n) is 17.0. The molecule has 0 unspecified atom stereocenters. The van der Waals surface area contributed by atoms with Crippen molar-refractivity contribution in [3.63, 3.8) is 0 Å². The van der Waals surface area contributed by atoms with Crippen LogP contribution in [0.25, 0.3) is 10.9 Å². The molecule has 7 nitrogen and oxygen atoms in total. The minimum absolute atomic E-state index is 0.0575. The predicted molar refractivity (Wildman–Crippen MR) is 119 cm³/mol. The first-order chi connectivity index (χ1) is 15.6. The smallest absolute Gasteiger partial charge is 0.222 e. The molecule has 32 heavy (non-hydrogen) atoms. The second-order valence-electron chi connectivity index (χ2n) is 7.58. The summed E-state index contributed by atoms with van der Waals surface area (Å²) < 4.78 is 26.5. The lowest BCUT2D eigenvalue weighted by Gasteiger charge is -2.21. The molecule has 0 fully saturated rings. The van der Waals surface area contributed by atoms with Crippen LogP contribution in [-0.2, 0) is 24.4 Å². The lowest BCUT2D eigenvalue weighted by atomic mass is 10.1. The fourth-order valence-corrected chi connectivity index (χ4v) is 4.03. The molecule has 1 aliphatic heterocycles. The molecule has 0 atom stereocenters. The van der Waals surface area contributed by atoms with Crippen LogP contribution in [0.5, 0.6) is 11.6 Å². The van der Waals surface area contributed by atoms with Crippen LogP contribution in [0.1, 0.15) is 16.7 Å². The van der Waals surface area contributed by atoms with E-state index >= 15 is 0 Å². The Labute approximate surface area is 183 Å². The van der Waals surface area contributed by atoms with E-state index < -0.39 is 5.82 Å². The average Bonchev–Trinajstić information content (AvgIpc) is 3.08. The van der Waals surface area contributed by atoms with Crippen molar-refractivity contribution in [2.45, 2.75) is 19.7 Å². The number of halogens is 1. The molecule has 0 amide bonds. The Kier molecular flexibility index (Phi) is 5.20. The molecule has 0 saturated heterocycles. The number of hydrogen-bond acceptors (Lipinski definition) is 6. The predicted octanol–water partition coefficient (Wildman–Crippen LogP) is 5.41. The summed E-state index contributed by atoms with van der Waals surface area (Å²) >= 11 is 0. The fraction of sp³-hybridized carbons (Fsp3) is 0.167. The number of fused-ring (bicyclic) bond motifs is 2. The average molecular weight is 433 g/mol. The Morgan fingerprint density at radius 3 is 2.78 bits per heavy atom. The summed E-state index contributed by atoms with van der Waals surface area (Å²) in [5, 5.41) is 17.6. The highest BCUT2D eigenvalue weighted by atomic mass is 19.1. The van der Waals surface area contributed by atoms with Gasteiger partial charge in [-0.3, -0.25) is 0 Å². The molecule has 4 aromatic rings. The Morgan fingerprint density at radius 2 is 1.97 bits per heavy atom. The van der Waals surface area contributed by atoms with E-state index in [2.05, 4.69) is 10.5 Å². The number of rotatable bonds is 6. The Balaban J connectivity index is 1.51. The van der Waals surface area contributed by atoms with E-state index in [0.29, 0.717) is 34.3 Å². The first-order valence-corrected chi connectivity index (χ1v) is 10.1. The highest BCUT2D eigenvalue weighted by Crippen LogP contribution is 2.41. The van der Waals surface area contributed by atoms with Crippen LogP contribution >= 0.6 is 0 Å². The molecule has 8 heteroatoms. The van der Waals surface area contributed by atoms with Crippen LogP contribution in [0.4, 0.5) is 15.8 Å². The van der Waals surface area contributed by atoms with Crippen LogP contribution in [0, 0.1) is 10.7 Å². The molecular weight excluding hydrogens is 413 g/mol. The zero-order valence-corrected chi connectivity index (χ0v) is 17.0. The Morgan fingerprint density at radius 1 is 1.12 bits per heavy atom. The van der Waals surface area contributed by atoms with Crippen molar-refractivity contribution in [2.75, 3.05) is 12.1 Å². The van der Waals surface area contributed by atoms with Gasteiger partial charge in [-0.1, -0.05) is 30.3 Å². The molecule has 1 aliphatic rings. The van der Waals surface area contributed by atoms with Gasteiger partial charge in [0.2, 0.25) is 5.88 Å². The van der Waals surface area contributed by atoms with E-state index in [4.69, 9.17) is 9.47 Å². The number of nitroso groups, excluding NO2 is 1. The van der Waals surface area contributed by atoms with Crippen LogP contribution in [0.15, 0.2) is 65.8 Å². The maximum atomic E-state index is 14.2. The van der Waals surface area contributed by atoms with Crippen molar-refractivity contribution >= 4 is 22.3 Å². The van der Waals surface area contributed by atoms with Crippen LogP contribution in [0.3, 0.4) is 0 Å². The SMILES string of the molecule is O=Nc1c(O)n(Cc2cc(F)cc3c2OCOC3)c2ccc(NCc3ccccc3)cc12. The minimum Gasteiger partial charge on any atom is -0.493 e. The van der Waals surface area contributed by atoms with Gasteiger partial charge >= 0.3 is 0 Å². The summed E-state index contributed by atoms with van der Waals surface area (Å²) in [6.07, 6.45) is 0. The number of ether oxygens (including phenoxy) is 2. The van der Waals surface area contributed by atoms with Gasteiger partial charge in [-0.2, -0.15) is 0 Å². The number of aromatic nitrogens is 1. The first-order valence-electron chi connectivity index (χ1n) is 10.1. The molecule has 3 aromatic carbocycles. The first kappa shape index (κ1) is 20.0. The van der Waals surface area contributed by atoms with E-state index in [-0.39, 0.29) is 31.5 Å². The van der Waals surface area contributed by atoms with Gasteiger partial charge < -0.3 is 24.5 Å². The molecule has 0 radical (unpaired) electrons. The molecule has 0 aliphatic carbocycles. The molecule has 0 saturated carbocycles. The van der Waals surface area contributed by atoms with Crippen molar-refractivity contribution in [3.8, 4) is 11.6 Å². The maximum Gasteiger partial charge on any atom is 0.222 e. The second-order valence-corrected chi connectivity index (χ2v) is 7.58. The lowest BCUT2D eigenvalue weighted by molar-refractivity contribution is -0.0173. The number of hydrogen-bond donors (Lipinski definition) is 2. The highest BCUT2D eigenvalue weighted by Gasteiger charge is 2.22. The van der Waals surface area contributed by atoms with E-state index in [0.717, 1.165) is 11.3 Å². The maximum absolute atomic E-state index is 14.2. The number of nitrogens with zero attached hydrogens (tertiary/aromatic N) is 2. The molecule has 5 rings (SSSR count). The summed E-state index contributed by atoms with van der Waals surface area (Å²) in [5.41, 5.74) is 3.58. The minimum atomic E-state index is -0.426. The zero-order chi connectivity index (χ0) is 22.1. The molecule has 2 heterocycles. The molecule has 0 spiro atoms. The summed E-state index contributed by atoms with van der Waals surface area (Å²) in [7, 11) is 0. The van der Waals surface area contributed by atoms with Crippen LogP contribution in [-0.4, -0.2) is 16.5 Å². The highest BCUT2D eigenvalue weighted by molar-refractivity contribution is 5.97. The van der Waals surface area contributed by atoms with Crippen molar-refractivity contribution in [2.24, 2.45) is 5.18 Å². The van der Waals surface area contributed by atoms with Gasteiger partial charge in [0.05, 0.1) is 18.7 Å². The van der Waals surface area contributed by atoms with Gasteiger partial charge in [-0.15, -0.1) is 4.91 Å².